The summed E-state index contributed by atoms with van der Waals surface area (Å²) in [5.41, 5.74) is 1.31. The van der Waals surface area contributed by atoms with Gasteiger partial charge in [0.15, 0.2) is 0 Å². The van der Waals surface area contributed by atoms with E-state index in [4.69, 9.17) is 9.15 Å². The molecule has 0 radical (unpaired) electrons. The number of amides is 3. The Morgan fingerprint density at radius 1 is 1.10 bits per heavy atom. The minimum atomic E-state index is -0.667. The third kappa shape index (κ3) is 6.26. The summed E-state index contributed by atoms with van der Waals surface area (Å²) in [5, 5.41) is 15.8. The molecule has 0 bridgehead atoms. The van der Waals surface area contributed by atoms with Crippen LogP contribution < -0.4 is 20.7 Å². The quantitative estimate of drug-likeness (QED) is 0.509. The van der Waals surface area contributed by atoms with Crippen molar-refractivity contribution in [2.75, 3.05) is 19.5 Å². The number of methoxy groups -OCH3 is 1. The molecule has 3 rings (SSSR count). The molecule has 0 unspecified atom stereocenters. The molecule has 0 aliphatic heterocycles. The molecule has 2 aromatic carbocycles. The van der Waals surface area contributed by atoms with Gasteiger partial charge in [0, 0.05) is 19.2 Å². The van der Waals surface area contributed by atoms with Crippen molar-refractivity contribution in [1.29, 1.82) is 0 Å². The molecule has 162 valence electrons. The van der Waals surface area contributed by atoms with Crippen molar-refractivity contribution >= 4 is 17.6 Å². The molecule has 0 fully saturated rings. The Morgan fingerprint density at radius 3 is 2.45 bits per heavy atom. The molecule has 1 atom stereocenters. The van der Waals surface area contributed by atoms with Crippen molar-refractivity contribution in [3.05, 3.63) is 71.7 Å². The standard InChI is InChI=1S/C21H22FN5O4/c1-23-18(28)12-19-26-27-20(31-19)17(11-13-3-9-16(30-2)10-4-13)25-21(29)24-15-7-5-14(22)6-8-15/h3-10,17H,11-12H2,1-2H3,(H,23,28)(H2,24,25,29)/t17-/m0/s1. The molecular weight excluding hydrogens is 405 g/mol. The number of ether oxygens (including phenoxy) is 1. The van der Waals surface area contributed by atoms with Gasteiger partial charge in [-0.05, 0) is 42.0 Å². The van der Waals surface area contributed by atoms with Gasteiger partial charge in [-0.1, -0.05) is 12.1 Å². The van der Waals surface area contributed by atoms with Crippen molar-refractivity contribution in [3.63, 3.8) is 0 Å². The first-order chi connectivity index (χ1) is 15.0. The van der Waals surface area contributed by atoms with E-state index >= 15 is 0 Å². The number of likely N-dealkylation sites (N-methyl/N-ethyl adjacent to an activating group) is 1. The molecular formula is C21H22FN5O4. The molecule has 3 amide bonds. The molecule has 3 aromatic rings. The summed E-state index contributed by atoms with van der Waals surface area (Å²) in [6, 6.07) is 11.5. The highest BCUT2D eigenvalue weighted by Crippen LogP contribution is 2.20. The molecule has 0 saturated carbocycles. The van der Waals surface area contributed by atoms with Crippen molar-refractivity contribution < 1.29 is 23.1 Å². The zero-order chi connectivity index (χ0) is 22.2. The number of hydrogen-bond acceptors (Lipinski definition) is 6. The van der Waals surface area contributed by atoms with Crippen LogP contribution >= 0.6 is 0 Å². The molecule has 31 heavy (non-hydrogen) atoms. The second-order valence-corrected chi connectivity index (χ2v) is 6.59. The van der Waals surface area contributed by atoms with E-state index in [0.717, 1.165) is 5.56 Å². The monoisotopic (exact) mass is 427 g/mol. The van der Waals surface area contributed by atoms with Gasteiger partial charge in [0.05, 0.1) is 7.11 Å². The SMILES string of the molecule is CNC(=O)Cc1nnc([C@H](Cc2ccc(OC)cc2)NC(=O)Nc2ccc(F)cc2)o1. The molecule has 0 spiro atoms. The lowest BCUT2D eigenvalue weighted by atomic mass is 10.1. The smallest absolute Gasteiger partial charge is 0.319 e. The van der Waals surface area contributed by atoms with Crippen molar-refractivity contribution in [2.45, 2.75) is 18.9 Å². The zero-order valence-corrected chi connectivity index (χ0v) is 17.0. The van der Waals surface area contributed by atoms with E-state index in [2.05, 4.69) is 26.1 Å². The molecule has 10 heteroatoms. The average molecular weight is 427 g/mol. The number of benzene rings is 2. The zero-order valence-electron chi connectivity index (χ0n) is 17.0. The number of urea groups is 1. The lowest BCUT2D eigenvalue weighted by Gasteiger charge is -2.16. The Kier molecular flexibility index (Phi) is 7.15. The van der Waals surface area contributed by atoms with Gasteiger partial charge in [-0.15, -0.1) is 10.2 Å². The number of nitrogens with one attached hydrogen (secondary N) is 3. The maximum atomic E-state index is 13.1. The second kappa shape index (κ2) is 10.2. The van der Waals surface area contributed by atoms with Gasteiger partial charge in [0.25, 0.3) is 0 Å². The number of carbonyl (C=O) groups excluding carboxylic acids is 2. The third-order valence-corrected chi connectivity index (χ3v) is 4.38. The van der Waals surface area contributed by atoms with Crippen LogP contribution in [0.2, 0.25) is 0 Å². The fourth-order valence-electron chi connectivity index (χ4n) is 2.76. The Bertz CT molecular complexity index is 1020. The van der Waals surface area contributed by atoms with Gasteiger partial charge in [0.1, 0.15) is 24.0 Å². The Labute approximate surface area is 178 Å². The number of nitrogens with zero attached hydrogens (tertiary/aromatic N) is 2. The lowest BCUT2D eigenvalue weighted by molar-refractivity contribution is -0.120. The summed E-state index contributed by atoms with van der Waals surface area (Å²) < 4.78 is 23.8. The summed E-state index contributed by atoms with van der Waals surface area (Å²) in [4.78, 5) is 24.1. The van der Waals surface area contributed by atoms with Gasteiger partial charge in [-0.3, -0.25) is 4.79 Å². The van der Waals surface area contributed by atoms with E-state index in [1.54, 1.807) is 19.2 Å². The van der Waals surface area contributed by atoms with Crippen LogP contribution in [0.15, 0.2) is 52.9 Å². The summed E-state index contributed by atoms with van der Waals surface area (Å²) in [6.07, 6.45) is 0.281. The Morgan fingerprint density at radius 2 is 1.81 bits per heavy atom. The van der Waals surface area contributed by atoms with Gasteiger partial charge >= 0.3 is 6.03 Å². The Hall–Kier alpha value is -3.95. The van der Waals surface area contributed by atoms with E-state index in [1.807, 2.05) is 12.1 Å². The highest BCUT2D eigenvalue weighted by atomic mass is 19.1. The predicted molar refractivity (Wildman–Crippen MR) is 110 cm³/mol. The van der Waals surface area contributed by atoms with Crippen LogP contribution in [-0.4, -0.2) is 36.3 Å². The number of rotatable bonds is 8. The Balaban J connectivity index is 1.76. The van der Waals surface area contributed by atoms with Crippen LogP contribution in [-0.2, 0) is 17.6 Å². The van der Waals surface area contributed by atoms with Gasteiger partial charge < -0.3 is 25.1 Å². The van der Waals surface area contributed by atoms with Crippen LogP contribution in [0, 0.1) is 5.82 Å². The molecule has 0 aliphatic carbocycles. The molecule has 1 aromatic heterocycles. The van der Waals surface area contributed by atoms with E-state index in [-0.39, 0.29) is 24.1 Å². The van der Waals surface area contributed by atoms with Crippen molar-refractivity contribution in [1.82, 2.24) is 20.8 Å². The van der Waals surface area contributed by atoms with Gasteiger partial charge in [-0.25, -0.2) is 9.18 Å². The summed E-state index contributed by atoms with van der Waals surface area (Å²) in [7, 11) is 3.08. The van der Waals surface area contributed by atoms with E-state index in [1.165, 1.54) is 31.3 Å². The van der Waals surface area contributed by atoms with Crippen LogP contribution in [0.5, 0.6) is 5.75 Å². The second-order valence-electron chi connectivity index (χ2n) is 6.59. The summed E-state index contributed by atoms with van der Waals surface area (Å²) in [5.74, 6) is 0.313. The maximum absolute atomic E-state index is 13.1. The van der Waals surface area contributed by atoms with Gasteiger partial charge in [0.2, 0.25) is 17.7 Å². The topological polar surface area (TPSA) is 118 Å². The molecule has 0 aliphatic rings. The highest BCUT2D eigenvalue weighted by molar-refractivity contribution is 5.89. The summed E-state index contributed by atoms with van der Waals surface area (Å²) in [6.45, 7) is 0. The minimum Gasteiger partial charge on any atom is -0.497 e. The fourth-order valence-corrected chi connectivity index (χ4v) is 2.76. The number of carbonyl (C=O) groups is 2. The predicted octanol–water partition coefficient (Wildman–Crippen LogP) is 2.61. The van der Waals surface area contributed by atoms with Crippen LogP contribution in [0.3, 0.4) is 0 Å². The summed E-state index contributed by atoms with van der Waals surface area (Å²) >= 11 is 0. The number of aromatic nitrogens is 2. The first-order valence-electron chi connectivity index (χ1n) is 9.45. The van der Waals surface area contributed by atoms with Crippen LogP contribution in [0.4, 0.5) is 14.9 Å². The highest BCUT2D eigenvalue weighted by Gasteiger charge is 2.22. The number of anilines is 1. The van der Waals surface area contributed by atoms with E-state index in [9.17, 15) is 14.0 Å². The average Bonchev–Trinajstić information content (AvgIpc) is 3.23. The largest absolute Gasteiger partial charge is 0.497 e. The lowest BCUT2D eigenvalue weighted by Crippen LogP contribution is -2.34. The molecule has 0 saturated heterocycles. The number of hydrogen-bond donors (Lipinski definition) is 3. The van der Waals surface area contributed by atoms with Crippen molar-refractivity contribution in [2.24, 2.45) is 0 Å². The minimum absolute atomic E-state index is 0.0689. The third-order valence-electron chi connectivity index (χ3n) is 4.38. The first kappa shape index (κ1) is 21.8. The molecule has 1 heterocycles. The van der Waals surface area contributed by atoms with Crippen LogP contribution in [0.1, 0.15) is 23.4 Å². The molecule has 3 N–H and O–H groups in total. The van der Waals surface area contributed by atoms with Crippen LogP contribution in [0.25, 0.3) is 0 Å². The first-order valence-corrected chi connectivity index (χ1v) is 9.45. The van der Waals surface area contributed by atoms with E-state index < -0.39 is 17.9 Å². The van der Waals surface area contributed by atoms with E-state index in [0.29, 0.717) is 17.9 Å². The maximum Gasteiger partial charge on any atom is 0.319 e. The molecule has 9 nitrogen and oxygen atoms in total. The fraction of sp³-hybridized carbons (Fsp3) is 0.238. The number of halogens is 1. The normalized spacial score (nSPS) is 11.5. The van der Waals surface area contributed by atoms with Gasteiger partial charge in [-0.2, -0.15) is 0 Å². The van der Waals surface area contributed by atoms with Crippen molar-refractivity contribution in [3.8, 4) is 5.75 Å².